The van der Waals surface area contributed by atoms with E-state index in [0.29, 0.717) is 24.2 Å². The van der Waals surface area contributed by atoms with Crippen LogP contribution in [0.1, 0.15) is 58.1 Å². The van der Waals surface area contributed by atoms with E-state index in [9.17, 15) is 4.79 Å². The van der Waals surface area contributed by atoms with Crippen molar-refractivity contribution in [3.05, 3.63) is 35.4 Å². The van der Waals surface area contributed by atoms with E-state index in [2.05, 4.69) is 24.9 Å². The first kappa shape index (κ1) is 22.3. The Hall–Kier alpha value is -2.34. The molecule has 0 bridgehead atoms. The van der Waals surface area contributed by atoms with Crippen molar-refractivity contribution in [2.45, 2.75) is 58.6 Å². The lowest BCUT2D eigenvalue weighted by atomic mass is 9.97. The highest BCUT2D eigenvalue weighted by atomic mass is 16.6. The van der Waals surface area contributed by atoms with E-state index in [-0.39, 0.29) is 6.09 Å². The number of carbonyl (C=O) groups excluding carboxylic acids is 1. The summed E-state index contributed by atoms with van der Waals surface area (Å²) in [6, 6.07) is 6.32. The van der Waals surface area contributed by atoms with Gasteiger partial charge < -0.3 is 15.4 Å². The van der Waals surface area contributed by atoms with Crippen molar-refractivity contribution in [2.24, 2.45) is 10.9 Å². The third-order valence-electron chi connectivity index (χ3n) is 5.61. The Morgan fingerprint density at radius 2 is 1.97 bits per heavy atom. The zero-order valence-electron chi connectivity index (χ0n) is 19.0. The third-order valence-corrected chi connectivity index (χ3v) is 5.61. The van der Waals surface area contributed by atoms with Gasteiger partial charge in [-0.3, -0.25) is 9.89 Å². The number of amides is 1. The van der Waals surface area contributed by atoms with Crippen LogP contribution in [0, 0.1) is 5.92 Å². The topological polar surface area (TPSA) is 71.2 Å². The molecule has 2 aliphatic rings. The number of allylic oxidation sites excluding steroid dienone is 1. The first-order chi connectivity index (χ1) is 14.1. The molecule has 30 heavy (non-hydrogen) atoms. The van der Waals surface area contributed by atoms with Gasteiger partial charge >= 0.3 is 6.09 Å². The van der Waals surface area contributed by atoms with Gasteiger partial charge in [0.05, 0.1) is 11.7 Å². The standard InChI is InChI=1S/C24H36N4O2/c1-17-6-9-22(28(16-17)23(29)30-24(2,3)4)18-7-8-19(21(25)14-18)15-26-20-10-12-27(5)13-11-20/h7-9,14-15,17,20H,6,10-13,16,25H2,1-5H3/t17-/m0/s1. The van der Waals surface area contributed by atoms with E-state index < -0.39 is 5.60 Å². The Kier molecular flexibility index (Phi) is 6.86. The summed E-state index contributed by atoms with van der Waals surface area (Å²) in [5, 5.41) is 0. The summed E-state index contributed by atoms with van der Waals surface area (Å²) in [7, 11) is 2.15. The monoisotopic (exact) mass is 412 g/mol. The molecule has 0 saturated carbocycles. The van der Waals surface area contributed by atoms with Crippen molar-refractivity contribution in [2.75, 3.05) is 32.4 Å². The van der Waals surface area contributed by atoms with Crippen LogP contribution in [0.2, 0.25) is 0 Å². The Labute approximate surface area is 180 Å². The van der Waals surface area contributed by atoms with Crippen molar-refractivity contribution in [1.82, 2.24) is 9.80 Å². The molecule has 0 unspecified atom stereocenters. The molecule has 2 heterocycles. The number of benzene rings is 1. The fourth-order valence-electron chi connectivity index (χ4n) is 3.85. The minimum Gasteiger partial charge on any atom is -0.443 e. The molecule has 0 spiro atoms. The van der Waals surface area contributed by atoms with Gasteiger partial charge in [-0.05, 0) is 72.2 Å². The maximum absolute atomic E-state index is 12.8. The number of piperidine rings is 1. The highest BCUT2D eigenvalue weighted by Crippen LogP contribution is 2.30. The van der Waals surface area contributed by atoms with Crippen LogP contribution in [0.4, 0.5) is 10.5 Å². The lowest BCUT2D eigenvalue weighted by molar-refractivity contribution is 0.0327. The molecule has 1 aromatic carbocycles. The molecule has 6 heteroatoms. The zero-order valence-corrected chi connectivity index (χ0v) is 19.0. The van der Waals surface area contributed by atoms with Crippen molar-refractivity contribution < 1.29 is 9.53 Å². The maximum Gasteiger partial charge on any atom is 0.414 e. The van der Waals surface area contributed by atoms with Crippen LogP contribution in [-0.4, -0.2) is 60.4 Å². The van der Waals surface area contributed by atoms with Gasteiger partial charge in [0, 0.05) is 29.6 Å². The molecule has 1 amide bonds. The average molecular weight is 413 g/mol. The summed E-state index contributed by atoms with van der Waals surface area (Å²) >= 11 is 0. The Morgan fingerprint density at radius 3 is 2.60 bits per heavy atom. The number of hydrogen-bond donors (Lipinski definition) is 1. The van der Waals surface area contributed by atoms with Crippen molar-refractivity contribution in [1.29, 1.82) is 0 Å². The molecule has 6 nitrogen and oxygen atoms in total. The maximum atomic E-state index is 12.8. The molecule has 0 aromatic heterocycles. The second-order valence-electron chi connectivity index (χ2n) is 9.68. The van der Waals surface area contributed by atoms with Crippen molar-refractivity contribution >= 4 is 23.7 Å². The summed E-state index contributed by atoms with van der Waals surface area (Å²) in [6.07, 6.45) is 6.79. The highest BCUT2D eigenvalue weighted by molar-refractivity contribution is 5.90. The molecular weight excluding hydrogens is 376 g/mol. The molecule has 1 saturated heterocycles. The van der Waals surface area contributed by atoms with Crippen LogP contribution in [0.3, 0.4) is 0 Å². The largest absolute Gasteiger partial charge is 0.443 e. The van der Waals surface area contributed by atoms with E-state index >= 15 is 0 Å². The summed E-state index contributed by atoms with van der Waals surface area (Å²) in [5.74, 6) is 0.388. The molecule has 2 N–H and O–H groups in total. The lowest BCUT2D eigenvalue weighted by Gasteiger charge is -2.34. The smallest absolute Gasteiger partial charge is 0.414 e. The van der Waals surface area contributed by atoms with Crippen LogP contribution < -0.4 is 5.73 Å². The minimum absolute atomic E-state index is 0.313. The van der Waals surface area contributed by atoms with Gasteiger partial charge in [-0.25, -0.2) is 4.79 Å². The summed E-state index contributed by atoms with van der Waals surface area (Å²) in [6.45, 7) is 10.6. The molecule has 0 aliphatic carbocycles. The van der Waals surface area contributed by atoms with E-state index in [1.165, 1.54) is 0 Å². The summed E-state index contributed by atoms with van der Waals surface area (Å²) in [5.41, 5.74) is 9.22. The van der Waals surface area contributed by atoms with Gasteiger partial charge in [-0.15, -0.1) is 0 Å². The number of ether oxygens (including phenoxy) is 1. The van der Waals surface area contributed by atoms with Crippen LogP contribution in [0.15, 0.2) is 29.3 Å². The first-order valence-corrected chi connectivity index (χ1v) is 10.9. The highest BCUT2D eigenvalue weighted by Gasteiger charge is 2.29. The number of carbonyl (C=O) groups is 1. The number of hydrogen-bond acceptors (Lipinski definition) is 5. The van der Waals surface area contributed by atoms with Gasteiger partial charge in [0.15, 0.2) is 0 Å². The normalized spacial score (nSPS) is 21.7. The molecule has 0 radical (unpaired) electrons. The Balaban J connectivity index is 1.77. The first-order valence-electron chi connectivity index (χ1n) is 10.9. The number of likely N-dealkylation sites (tertiary alicyclic amines) is 1. The van der Waals surface area contributed by atoms with E-state index in [1.54, 1.807) is 4.90 Å². The fraction of sp³-hybridized carbons (Fsp3) is 0.583. The zero-order chi connectivity index (χ0) is 21.9. The molecule has 2 aliphatic heterocycles. The third kappa shape index (κ3) is 5.85. The van der Waals surface area contributed by atoms with Gasteiger partial charge in [-0.2, -0.15) is 0 Å². The number of aliphatic imine (C=N–C) groups is 1. The van der Waals surface area contributed by atoms with Crippen LogP contribution in [0.5, 0.6) is 0 Å². The van der Waals surface area contributed by atoms with Crippen LogP contribution in [-0.2, 0) is 4.74 Å². The molecule has 1 atom stereocenters. The van der Waals surface area contributed by atoms with Gasteiger partial charge in [0.1, 0.15) is 5.60 Å². The van der Waals surface area contributed by atoms with Crippen LogP contribution >= 0.6 is 0 Å². The summed E-state index contributed by atoms with van der Waals surface area (Å²) in [4.78, 5) is 21.6. The predicted octanol–water partition coefficient (Wildman–Crippen LogP) is 4.40. The Bertz CT molecular complexity index is 817. The molecule has 3 rings (SSSR count). The number of rotatable bonds is 3. The summed E-state index contributed by atoms with van der Waals surface area (Å²) < 4.78 is 5.63. The molecule has 164 valence electrons. The van der Waals surface area contributed by atoms with E-state index in [4.69, 9.17) is 15.5 Å². The molecule has 1 fully saturated rings. The van der Waals surface area contributed by atoms with Crippen LogP contribution in [0.25, 0.3) is 5.70 Å². The number of nitrogens with zero attached hydrogens (tertiary/aromatic N) is 3. The lowest BCUT2D eigenvalue weighted by Crippen LogP contribution is -2.39. The van der Waals surface area contributed by atoms with Gasteiger partial charge in [0.25, 0.3) is 0 Å². The van der Waals surface area contributed by atoms with Gasteiger partial charge in [-0.1, -0.05) is 25.1 Å². The SMILES string of the molecule is C[C@H]1CC=C(c2ccc(C=NC3CCN(C)CC3)c(N)c2)N(C(=O)OC(C)(C)C)C1. The van der Waals surface area contributed by atoms with E-state index in [0.717, 1.165) is 49.2 Å². The predicted molar refractivity (Wildman–Crippen MR) is 124 cm³/mol. The minimum atomic E-state index is -0.532. The Morgan fingerprint density at radius 1 is 1.27 bits per heavy atom. The van der Waals surface area contributed by atoms with Crippen molar-refractivity contribution in [3.8, 4) is 0 Å². The van der Waals surface area contributed by atoms with Crippen molar-refractivity contribution in [3.63, 3.8) is 0 Å². The fourth-order valence-corrected chi connectivity index (χ4v) is 3.85. The number of nitrogen functional groups attached to an aromatic ring is 1. The number of nitrogens with two attached hydrogens (primary N) is 1. The second-order valence-corrected chi connectivity index (χ2v) is 9.68. The number of anilines is 1. The van der Waals surface area contributed by atoms with Gasteiger partial charge in [0.2, 0.25) is 0 Å². The molecular formula is C24H36N4O2. The second kappa shape index (κ2) is 9.21. The van der Waals surface area contributed by atoms with E-state index in [1.807, 2.05) is 45.2 Å². The average Bonchev–Trinajstić information content (AvgIpc) is 2.67. The quantitative estimate of drug-likeness (QED) is 0.590. The molecule has 1 aromatic rings.